The van der Waals surface area contributed by atoms with Gasteiger partial charge in [-0.15, -0.1) is 0 Å². The number of rotatable bonds is 0. The Morgan fingerprint density at radius 1 is 1.31 bits per heavy atom. The molecule has 13 heavy (non-hydrogen) atoms. The summed E-state index contributed by atoms with van der Waals surface area (Å²) >= 11 is 0. The van der Waals surface area contributed by atoms with Crippen LogP contribution in [0, 0.1) is 0 Å². The number of primary amides is 1. The highest BCUT2D eigenvalue weighted by atomic mass is 16.6. The van der Waals surface area contributed by atoms with E-state index in [9.17, 15) is 0 Å². The van der Waals surface area contributed by atoms with E-state index in [1.165, 1.54) is 0 Å². The van der Waals surface area contributed by atoms with Crippen LogP contribution in [-0.4, -0.2) is 37.5 Å². The molecule has 8 heteroatoms. The van der Waals surface area contributed by atoms with Crippen molar-refractivity contribution in [3.05, 3.63) is 18.7 Å². The molecular formula is C5H9N3O5. The fourth-order valence-electron chi connectivity index (χ4n) is 0.215. The first-order valence-electron chi connectivity index (χ1n) is 2.79. The molecule has 0 aliphatic carbocycles. The molecule has 1 rings (SSSR count). The summed E-state index contributed by atoms with van der Waals surface area (Å²) < 4.78 is 0. The lowest BCUT2D eigenvalue weighted by Gasteiger charge is -1.61. The average Bonchev–Trinajstić information content (AvgIpc) is 2.35. The third-order valence-corrected chi connectivity index (χ3v) is 0.406. The number of hydrogen-bond donors (Lipinski definition) is 5. The van der Waals surface area contributed by atoms with Gasteiger partial charge in [0.2, 0.25) is 0 Å². The Morgan fingerprint density at radius 3 is 1.77 bits per heavy atom. The first-order valence-corrected chi connectivity index (χ1v) is 2.79. The highest BCUT2D eigenvalue weighted by Gasteiger charge is 1.70. The van der Waals surface area contributed by atoms with Crippen LogP contribution in [0.2, 0.25) is 0 Å². The molecule has 0 aliphatic heterocycles. The second-order valence-corrected chi connectivity index (χ2v) is 1.38. The lowest BCUT2D eigenvalue weighted by Crippen LogP contribution is -2.03. The minimum absolute atomic E-state index is 1.33. The zero-order chi connectivity index (χ0) is 10.7. The summed E-state index contributed by atoms with van der Waals surface area (Å²) in [5.41, 5.74) is 4.03. The molecule has 0 aromatic carbocycles. The number of H-pyrrole nitrogens is 1. The number of amides is 1. The predicted octanol–water partition coefficient (Wildman–Crippen LogP) is 0.255. The van der Waals surface area contributed by atoms with E-state index in [1.807, 2.05) is 0 Å². The number of aromatic nitrogens is 2. The molecule has 1 amide bonds. The van der Waals surface area contributed by atoms with E-state index in [4.69, 9.17) is 24.9 Å². The molecule has 1 heterocycles. The average molecular weight is 191 g/mol. The molecule has 0 saturated heterocycles. The van der Waals surface area contributed by atoms with Crippen molar-refractivity contribution in [1.82, 2.24) is 9.97 Å². The number of hydrogen-bond acceptors (Lipinski definition) is 3. The normalized spacial score (nSPS) is 6.77. The summed E-state index contributed by atoms with van der Waals surface area (Å²) in [7, 11) is 0. The zero-order valence-electron chi connectivity index (χ0n) is 6.41. The second-order valence-electron chi connectivity index (χ2n) is 1.38. The number of nitrogens with two attached hydrogens (primary N) is 1. The third kappa shape index (κ3) is 77.4. The molecule has 74 valence electrons. The summed E-state index contributed by atoms with van der Waals surface area (Å²) in [5.74, 6) is 0. The van der Waals surface area contributed by atoms with E-state index in [0.717, 1.165) is 0 Å². The second kappa shape index (κ2) is 9.75. The predicted molar refractivity (Wildman–Crippen MR) is 41.5 cm³/mol. The van der Waals surface area contributed by atoms with E-state index in [2.05, 4.69) is 15.7 Å². The Labute approximate surface area is 72.6 Å². The quantitative estimate of drug-likeness (QED) is 0.396. The van der Waals surface area contributed by atoms with Crippen LogP contribution in [0.15, 0.2) is 18.7 Å². The highest BCUT2D eigenvalue weighted by molar-refractivity contribution is 5.61. The maximum atomic E-state index is 8.78. The van der Waals surface area contributed by atoms with Crippen molar-refractivity contribution in [1.29, 1.82) is 0 Å². The third-order valence-electron chi connectivity index (χ3n) is 0.406. The Kier molecular flexibility index (Phi) is 10.0. The maximum absolute atomic E-state index is 8.78. The monoisotopic (exact) mass is 191 g/mol. The summed E-state index contributed by atoms with van der Waals surface area (Å²) in [6.07, 6.45) is 1.92. The lowest BCUT2D eigenvalue weighted by atomic mass is 11.0. The Hall–Kier alpha value is -2.25. The molecule has 0 radical (unpaired) electrons. The van der Waals surface area contributed by atoms with Crippen LogP contribution in [0.5, 0.6) is 0 Å². The van der Waals surface area contributed by atoms with Gasteiger partial charge in [0.25, 0.3) is 0 Å². The molecule has 0 spiro atoms. The minimum atomic E-state index is -1.83. The van der Waals surface area contributed by atoms with Crippen LogP contribution < -0.4 is 5.73 Å². The first kappa shape index (κ1) is 13.3. The fourth-order valence-corrected chi connectivity index (χ4v) is 0.215. The number of nitrogens with one attached hydrogen (secondary N) is 1. The molecule has 6 N–H and O–H groups in total. The molecule has 0 atom stereocenters. The topological polar surface area (TPSA) is 150 Å². The van der Waals surface area contributed by atoms with Gasteiger partial charge in [0, 0.05) is 12.4 Å². The van der Waals surface area contributed by atoms with Crippen molar-refractivity contribution >= 4 is 12.2 Å². The van der Waals surface area contributed by atoms with Gasteiger partial charge in [0.15, 0.2) is 0 Å². The van der Waals surface area contributed by atoms with Crippen LogP contribution >= 0.6 is 0 Å². The number of imidazole rings is 1. The van der Waals surface area contributed by atoms with Crippen LogP contribution in [0.1, 0.15) is 0 Å². The van der Waals surface area contributed by atoms with Gasteiger partial charge >= 0.3 is 12.2 Å². The van der Waals surface area contributed by atoms with Gasteiger partial charge in [-0.3, -0.25) is 0 Å². The maximum Gasteiger partial charge on any atom is 0.503 e. The number of nitrogens with zero attached hydrogens (tertiary/aromatic N) is 1. The van der Waals surface area contributed by atoms with Crippen molar-refractivity contribution in [2.24, 2.45) is 5.73 Å². The standard InChI is InChI=1S/C3H4N2.CH3NO2.CH2O3/c1-2-5-3-4-1;2*2-1(3)4/h1-3H,(H,4,5);2H2,(H,3,4);(H2,2,3,4). The molecule has 1 aromatic heterocycles. The van der Waals surface area contributed by atoms with Crippen LogP contribution in [-0.2, 0) is 0 Å². The van der Waals surface area contributed by atoms with Gasteiger partial charge in [0.1, 0.15) is 0 Å². The first-order chi connectivity index (χ1) is 5.96. The molecule has 0 aliphatic rings. The molecule has 8 nitrogen and oxygen atoms in total. The van der Waals surface area contributed by atoms with Crippen LogP contribution in [0.25, 0.3) is 0 Å². The van der Waals surface area contributed by atoms with Crippen LogP contribution in [0.3, 0.4) is 0 Å². The highest BCUT2D eigenvalue weighted by Crippen LogP contribution is 1.62. The zero-order valence-corrected chi connectivity index (χ0v) is 6.41. The van der Waals surface area contributed by atoms with Crippen molar-refractivity contribution < 1.29 is 24.9 Å². The largest absolute Gasteiger partial charge is 0.503 e. The number of carbonyl (C=O) groups is 2. The van der Waals surface area contributed by atoms with Gasteiger partial charge in [0.05, 0.1) is 6.33 Å². The molecule has 0 fully saturated rings. The van der Waals surface area contributed by atoms with E-state index < -0.39 is 12.2 Å². The lowest BCUT2D eigenvalue weighted by molar-refractivity contribution is 0.137. The van der Waals surface area contributed by atoms with Gasteiger partial charge in [-0.05, 0) is 0 Å². The SMILES string of the molecule is NC(=O)O.O=C(O)O.c1c[nH]cn1. The van der Waals surface area contributed by atoms with Gasteiger partial charge in [-0.25, -0.2) is 14.6 Å². The van der Waals surface area contributed by atoms with Crippen molar-refractivity contribution in [3.63, 3.8) is 0 Å². The van der Waals surface area contributed by atoms with Crippen molar-refractivity contribution in [3.8, 4) is 0 Å². The summed E-state index contributed by atoms with van der Waals surface area (Å²) in [4.78, 5) is 23.8. The molecule has 0 bridgehead atoms. The van der Waals surface area contributed by atoms with Gasteiger partial charge in [-0.2, -0.15) is 0 Å². The Balaban J connectivity index is 0. The van der Waals surface area contributed by atoms with Crippen molar-refractivity contribution in [2.75, 3.05) is 0 Å². The molecular weight excluding hydrogens is 182 g/mol. The summed E-state index contributed by atoms with van der Waals surface area (Å²) in [6, 6.07) is 0. The minimum Gasteiger partial charge on any atom is -0.465 e. The molecule has 1 aromatic rings. The number of aromatic amines is 1. The van der Waals surface area contributed by atoms with Crippen LogP contribution in [0.4, 0.5) is 9.59 Å². The molecule has 0 unspecified atom stereocenters. The van der Waals surface area contributed by atoms with E-state index >= 15 is 0 Å². The van der Waals surface area contributed by atoms with E-state index in [1.54, 1.807) is 18.7 Å². The van der Waals surface area contributed by atoms with E-state index in [-0.39, 0.29) is 0 Å². The smallest absolute Gasteiger partial charge is 0.465 e. The Bertz CT molecular complexity index is 185. The summed E-state index contributed by atoms with van der Waals surface area (Å²) in [6.45, 7) is 0. The Morgan fingerprint density at radius 2 is 1.69 bits per heavy atom. The van der Waals surface area contributed by atoms with Gasteiger partial charge < -0.3 is 26.0 Å². The van der Waals surface area contributed by atoms with Crippen molar-refractivity contribution in [2.45, 2.75) is 0 Å². The van der Waals surface area contributed by atoms with E-state index in [0.29, 0.717) is 0 Å². The summed E-state index contributed by atoms with van der Waals surface area (Å²) in [5, 5.41) is 21.1. The van der Waals surface area contributed by atoms with Gasteiger partial charge in [-0.1, -0.05) is 0 Å². The molecule has 0 saturated carbocycles. The number of carboxylic acid groups (broad SMARTS) is 3. The fraction of sp³-hybridized carbons (Fsp3) is 0.